The van der Waals surface area contributed by atoms with E-state index in [1.807, 2.05) is 18.2 Å². The van der Waals surface area contributed by atoms with E-state index in [9.17, 15) is 8.42 Å². The van der Waals surface area contributed by atoms with E-state index in [0.29, 0.717) is 31.0 Å². The van der Waals surface area contributed by atoms with Crippen molar-refractivity contribution in [2.75, 3.05) is 13.2 Å². The maximum Gasteiger partial charge on any atom is 0.192 e. The molecule has 4 atom stereocenters. The van der Waals surface area contributed by atoms with E-state index in [0.717, 1.165) is 12.8 Å². The fourth-order valence-corrected chi connectivity index (χ4v) is 9.75. The largest absolute Gasteiger partial charge is 0.410 e. The Balaban J connectivity index is 1.82. The third-order valence-corrected chi connectivity index (χ3v) is 16.2. The van der Waals surface area contributed by atoms with E-state index in [1.54, 1.807) is 12.1 Å². The molecule has 3 aliphatic rings. The number of fused-ring (bicyclic) bond motifs is 1. The summed E-state index contributed by atoms with van der Waals surface area (Å²) in [4.78, 5) is 0.396. The highest BCUT2D eigenvalue weighted by molar-refractivity contribution is 7.92. The van der Waals surface area contributed by atoms with Crippen molar-refractivity contribution < 1.29 is 22.3 Å². The number of hydrogen-bond donors (Lipinski definition) is 0. The van der Waals surface area contributed by atoms with Crippen molar-refractivity contribution in [3.8, 4) is 0 Å². The third kappa shape index (κ3) is 5.15. The maximum atomic E-state index is 14.4. The molecule has 4 rings (SSSR count). The predicted octanol–water partition coefficient (Wildman–Crippen LogP) is 6.75. The molecule has 1 aromatic rings. The number of benzene rings is 1. The molecule has 36 heavy (non-hydrogen) atoms. The van der Waals surface area contributed by atoms with E-state index < -0.39 is 29.2 Å². The first-order chi connectivity index (χ1) is 16.5. The van der Waals surface area contributed by atoms with Crippen molar-refractivity contribution in [2.45, 2.75) is 107 Å². The first-order valence-electron chi connectivity index (χ1n) is 13.5. The second-order valence-corrected chi connectivity index (χ2v) is 20.6. The molecule has 1 saturated heterocycles. The Labute approximate surface area is 220 Å². The van der Waals surface area contributed by atoms with Crippen LogP contribution in [0.5, 0.6) is 0 Å². The van der Waals surface area contributed by atoms with Crippen LogP contribution in [-0.2, 0) is 23.7 Å². The summed E-state index contributed by atoms with van der Waals surface area (Å²) in [5.74, 6) is -0.790. The Hall–Kier alpha value is -0.993. The zero-order valence-corrected chi connectivity index (χ0v) is 25.3. The molecule has 2 fully saturated rings. The van der Waals surface area contributed by atoms with Gasteiger partial charge in [0, 0.05) is 12.8 Å². The normalized spacial score (nSPS) is 32.6. The standard InChI is InChI=1S/C29H46O5SSi/c1-26(2,3)36(7,8)34-25-14-15-28(6)16-17-29(32-18-19-33-29)20-23(28)24(21-27(25,4)5)35(30,31)22-12-10-9-11-13-22/h9-15,23-25H,16-21H2,1-8H3/t23-,24-,25+,28-/m1/s1. The average molecular weight is 535 g/mol. The lowest BCUT2D eigenvalue weighted by atomic mass is 9.60. The zero-order chi connectivity index (χ0) is 26.6. The van der Waals surface area contributed by atoms with Gasteiger partial charge in [-0.1, -0.05) is 71.9 Å². The minimum Gasteiger partial charge on any atom is -0.410 e. The quantitative estimate of drug-likeness (QED) is 0.316. The van der Waals surface area contributed by atoms with Gasteiger partial charge in [0.25, 0.3) is 0 Å². The van der Waals surface area contributed by atoms with Crippen molar-refractivity contribution >= 4 is 18.2 Å². The molecule has 1 saturated carbocycles. The van der Waals surface area contributed by atoms with Crippen LogP contribution < -0.4 is 0 Å². The first kappa shape index (κ1) is 28.0. The Morgan fingerprint density at radius 1 is 0.972 bits per heavy atom. The molecule has 0 N–H and O–H groups in total. The molecule has 0 bridgehead atoms. The number of hydrogen-bond acceptors (Lipinski definition) is 5. The Bertz CT molecular complexity index is 1070. The molecule has 202 valence electrons. The highest BCUT2D eigenvalue weighted by Gasteiger charge is 2.56. The highest BCUT2D eigenvalue weighted by atomic mass is 32.2. The number of sulfone groups is 1. The monoisotopic (exact) mass is 534 g/mol. The van der Waals surface area contributed by atoms with Gasteiger partial charge < -0.3 is 13.9 Å². The molecule has 0 aromatic heterocycles. The number of allylic oxidation sites excluding steroid dienone is 1. The molecule has 7 heteroatoms. The Kier molecular flexibility index (Phi) is 7.27. The van der Waals surface area contributed by atoms with Crippen molar-refractivity contribution in [3.63, 3.8) is 0 Å². The molecule has 1 aromatic carbocycles. The van der Waals surface area contributed by atoms with Gasteiger partial charge in [0.1, 0.15) is 0 Å². The molecule has 0 unspecified atom stereocenters. The Morgan fingerprint density at radius 3 is 2.17 bits per heavy atom. The van der Waals surface area contributed by atoms with Crippen molar-refractivity contribution in [1.29, 1.82) is 0 Å². The first-order valence-corrected chi connectivity index (χ1v) is 17.9. The topological polar surface area (TPSA) is 61.8 Å². The smallest absolute Gasteiger partial charge is 0.192 e. The molecule has 5 nitrogen and oxygen atoms in total. The van der Waals surface area contributed by atoms with Gasteiger partial charge in [0.2, 0.25) is 0 Å². The summed E-state index contributed by atoms with van der Waals surface area (Å²) in [5.41, 5.74) is -0.666. The summed E-state index contributed by atoms with van der Waals surface area (Å²) in [6.45, 7) is 19.0. The van der Waals surface area contributed by atoms with Crippen LogP contribution in [0.4, 0.5) is 0 Å². The van der Waals surface area contributed by atoms with Crippen LogP contribution in [-0.4, -0.2) is 47.1 Å². The van der Waals surface area contributed by atoms with Gasteiger partial charge >= 0.3 is 0 Å². The number of ether oxygens (including phenoxy) is 2. The second-order valence-electron chi connectivity index (χ2n) is 13.7. The lowest BCUT2D eigenvalue weighted by molar-refractivity contribution is -0.202. The fraction of sp³-hybridized carbons (Fsp3) is 0.724. The van der Waals surface area contributed by atoms with E-state index in [1.165, 1.54) is 0 Å². The van der Waals surface area contributed by atoms with E-state index in [2.05, 4.69) is 66.8 Å². The van der Waals surface area contributed by atoms with Gasteiger partial charge in [-0.05, 0) is 59.9 Å². The molecule has 1 spiro atoms. The van der Waals surface area contributed by atoms with Gasteiger partial charge in [-0.25, -0.2) is 8.42 Å². The zero-order valence-electron chi connectivity index (χ0n) is 23.5. The van der Waals surface area contributed by atoms with Crippen LogP contribution in [0.15, 0.2) is 47.4 Å². The minimum absolute atomic E-state index is 0.0651. The molecular formula is C29H46O5SSi. The van der Waals surface area contributed by atoms with Crippen molar-refractivity contribution in [2.24, 2.45) is 16.7 Å². The fourth-order valence-electron chi connectivity index (χ4n) is 5.99. The molecule has 1 heterocycles. The maximum absolute atomic E-state index is 14.4. The summed E-state index contributed by atoms with van der Waals surface area (Å²) < 4.78 is 48.0. The SMILES string of the molecule is CC1(C)C[C@@H](S(=O)(=O)c2ccccc2)[C@H]2CC3(CC[C@@]2(C)C=C[C@@H]1O[Si](C)(C)C(C)(C)C)OCCO3. The lowest BCUT2D eigenvalue weighted by Gasteiger charge is -2.53. The van der Waals surface area contributed by atoms with Gasteiger partial charge in [0.05, 0.1) is 29.5 Å². The summed E-state index contributed by atoms with van der Waals surface area (Å²) >= 11 is 0. The molecule has 0 amide bonds. The van der Waals surface area contributed by atoms with Crippen LogP contribution in [0.3, 0.4) is 0 Å². The Morgan fingerprint density at radius 2 is 1.58 bits per heavy atom. The summed E-state index contributed by atoms with van der Waals surface area (Å²) in [7, 11) is -5.70. The lowest BCUT2D eigenvalue weighted by Crippen LogP contribution is -2.54. The van der Waals surface area contributed by atoms with Gasteiger partial charge in [-0.2, -0.15) is 0 Å². The molecule has 0 radical (unpaired) electrons. The summed E-state index contributed by atoms with van der Waals surface area (Å²) in [6.07, 6.45) is 7.10. The molecule has 1 aliphatic heterocycles. The van der Waals surface area contributed by atoms with Gasteiger partial charge in [0.15, 0.2) is 23.9 Å². The third-order valence-electron chi connectivity index (χ3n) is 9.53. The summed E-state index contributed by atoms with van der Waals surface area (Å²) in [5, 5.41) is -0.504. The average Bonchev–Trinajstić information content (AvgIpc) is 3.24. The van der Waals surface area contributed by atoms with Gasteiger partial charge in [-0.3, -0.25) is 0 Å². The molecule has 2 aliphatic carbocycles. The van der Waals surface area contributed by atoms with Crippen LogP contribution in [0.25, 0.3) is 0 Å². The van der Waals surface area contributed by atoms with E-state index in [-0.39, 0.29) is 27.9 Å². The molecular weight excluding hydrogens is 488 g/mol. The number of rotatable bonds is 4. The minimum atomic E-state index is -3.61. The van der Waals surface area contributed by atoms with Crippen LogP contribution in [0, 0.1) is 16.7 Å². The highest BCUT2D eigenvalue weighted by Crippen LogP contribution is 2.55. The second kappa shape index (κ2) is 9.33. The summed E-state index contributed by atoms with van der Waals surface area (Å²) in [6, 6.07) is 8.97. The predicted molar refractivity (Wildman–Crippen MR) is 147 cm³/mol. The van der Waals surface area contributed by atoms with Crippen molar-refractivity contribution in [1.82, 2.24) is 0 Å². The van der Waals surface area contributed by atoms with Gasteiger partial charge in [-0.15, -0.1) is 0 Å². The van der Waals surface area contributed by atoms with Crippen LogP contribution >= 0.6 is 0 Å². The van der Waals surface area contributed by atoms with Crippen molar-refractivity contribution in [3.05, 3.63) is 42.5 Å². The van der Waals surface area contributed by atoms with E-state index >= 15 is 0 Å². The van der Waals surface area contributed by atoms with Crippen LogP contribution in [0.1, 0.15) is 67.2 Å². The van der Waals surface area contributed by atoms with Crippen LogP contribution in [0.2, 0.25) is 18.1 Å². The van der Waals surface area contributed by atoms with E-state index in [4.69, 9.17) is 13.9 Å².